The molecule has 0 aliphatic carbocycles. The van der Waals surface area contributed by atoms with Gasteiger partial charge in [-0.05, 0) is 24.4 Å². The van der Waals surface area contributed by atoms with Gasteiger partial charge >= 0.3 is 0 Å². The minimum Gasteiger partial charge on any atom is -0.652 e. The molecular formula is C10H10O9-4. The van der Waals surface area contributed by atoms with Crippen molar-refractivity contribution >= 4 is 12.3 Å². The number of rotatable bonds is 3. The molecular weight excluding hydrogens is 264 g/mol. The number of hydrogen-bond donors (Lipinski definition) is 1. The highest BCUT2D eigenvalue weighted by Crippen LogP contribution is 2.10. The SMILES string of the molecule is CC(OO)Oc1ccccc1.O=C([O-])[O-].O=C([O-])[O-]. The largest absolute Gasteiger partial charge is 0.652 e. The van der Waals surface area contributed by atoms with Crippen LogP contribution in [0.25, 0.3) is 0 Å². The van der Waals surface area contributed by atoms with Gasteiger partial charge in [-0.15, -0.1) is 0 Å². The van der Waals surface area contributed by atoms with Crippen LogP contribution in [0.1, 0.15) is 6.92 Å². The Bertz CT molecular complexity index is 331. The molecule has 0 bridgehead atoms. The maximum absolute atomic E-state index is 8.33. The summed E-state index contributed by atoms with van der Waals surface area (Å²) in [6.07, 6.45) is -5.29. The molecule has 0 fully saturated rings. The summed E-state index contributed by atoms with van der Waals surface area (Å²) in [5.74, 6) is 0.675. The lowest BCUT2D eigenvalue weighted by Crippen LogP contribution is -2.37. The van der Waals surface area contributed by atoms with Gasteiger partial charge in [0.15, 0.2) is 0 Å². The van der Waals surface area contributed by atoms with Gasteiger partial charge in [0.1, 0.15) is 5.75 Å². The van der Waals surface area contributed by atoms with E-state index in [4.69, 9.17) is 40.0 Å². The van der Waals surface area contributed by atoms with E-state index >= 15 is 0 Å². The summed E-state index contributed by atoms with van der Waals surface area (Å²) in [7, 11) is 0. The van der Waals surface area contributed by atoms with Crippen LogP contribution in [0.4, 0.5) is 9.59 Å². The van der Waals surface area contributed by atoms with Crippen molar-refractivity contribution in [1.82, 2.24) is 0 Å². The van der Waals surface area contributed by atoms with Gasteiger partial charge in [-0.3, -0.25) is 0 Å². The minimum absolute atomic E-state index is 0.627. The highest BCUT2D eigenvalue weighted by atomic mass is 17.1. The van der Waals surface area contributed by atoms with E-state index in [-0.39, 0.29) is 0 Å². The molecule has 108 valence electrons. The molecule has 0 spiro atoms. The molecule has 0 saturated carbocycles. The van der Waals surface area contributed by atoms with Crippen LogP contribution in [-0.2, 0) is 4.89 Å². The Morgan fingerprint density at radius 1 is 1.05 bits per heavy atom. The summed E-state index contributed by atoms with van der Waals surface area (Å²) in [4.78, 5) is 20.6. The van der Waals surface area contributed by atoms with Crippen molar-refractivity contribution in [3.05, 3.63) is 30.3 Å². The third kappa shape index (κ3) is 21.3. The number of benzene rings is 1. The number of carboxylic acid groups (broad SMARTS) is 4. The highest BCUT2D eigenvalue weighted by molar-refractivity contribution is 5.47. The summed E-state index contributed by atoms with van der Waals surface area (Å²) >= 11 is 0. The molecule has 1 aromatic rings. The fourth-order valence-electron chi connectivity index (χ4n) is 0.712. The van der Waals surface area contributed by atoms with Gasteiger partial charge in [0.25, 0.3) is 0 Å². The maximum atomic E-state index is 8.33. The molecule has 1 rings (SSSR count). The summed E-state index contributed by atoms with van der Waals surface area (Å²) < 4.78 is 5.09. The summed E-state index contributed by atoms with van der Waals surface area (Å²) in [6, 6.07) is 9.15. The van der Waals surface area contributed by atoms with Gasteiger partial charge in [-0.25, -0.2) is 5.26 Å². The van der Waals surface area contributed by atoms with E-state index in [0.29, 0.717) is 5.75 Å². The topological polar surface area (TPSA) is 165 Å². The van der Waals surface area contributed by atoms with Gasteiger partial charge in [-0.2, -0.15) is 4.89 Å². The Morgan fingerprint density at radius 3 is 1.74 bits per heavy atom. The van der Waals surface area contributed by atoms with Crippen molar-refractivity contribution in [1.29, 1.82) is 0 Å². The van der Waals surface area contributed by atoms with Crippen LogP contribution in [0.15, 0.2) is 30.3 Å². The normalized spacial score (nSPS) is 9.79. The molecule has 0 saturated heterocycles. The molecule has 0 amide bonds. The highest BCUT2D eigenvalue weighted by Gasteiger charge is 2.00. The quantitative estimate of drug-likeness (QED) is 0.343. The van der Waals surface area contributed by atoms with Gasteiger partial charge in [0.2, 0.25) is 6.29 Å². The van der Waals surface area contributed by atoms with Crippen LogP contribution in [0, 0.1) is 0 Å². The molecule has 0 heterocycles. The predicted molar refractivity (Wildman–Crippen MR) is 51.0 cm³/mol. The second kappa shape index (κ2) is 12.0. The standard InChI is InChI=1S/C8H10O3.2CH2O3/c1-7(11-9)10-8-5-3-2-4-6-8;2*2-1(3)4/h2-7,9H,1H3;2*(H2,2,3,4)/p-4. The number of hydrogen-bond acceptors (Lipinski definition) is 9. The first kappa shape index (κ1) is 18.8. The maximum Gasteiger partial charge on any atom is 0.228 e. The molecule has 0 aromatic heterocycles. The van der Waals surface area contributed by atoms with Crippen LogP contribution >= 0.6 is 0 Å². The summed E-state index contributed by atoms with van der Waals surface area (Å²) in [6.45, 7) is 1.60. The zero-order valence-corrected chi connectivity index (χ0v) is 9.68. The van der Waals surface area contributed by atoms with Gasteiger partial charge in [0.05, 0.1) is 0 Å². The van der Waals surface area contributed by atoms with Crippen molar-refractivity contribution in [2.45, 2.75) is 13.2 Å². The van der Waals surface area contributed by atoms with Crippen molar-refractivity contribution < 1.29 is 44.9 Å². The van der Waals surface area contributed by atoms with Crippen LogP contribution in [0.5, 0.6) is 5.75 Å². The zero-order chi connectivity index (χ0) is 15.3. The van der Waals surface area contributed by atoms with E-state index in [2.05, 4.69) is 4.89 Å². The van der Waals surface area contributed by atoms with Crippen LogP contribution in [0.3, 0.4) is 0 Å². The lowest BCUT2D eigenvalue weighted by atomic mass is 10.3. The molecule has 1 N–H and O–H groups in total. The fourth-order valence-corrected chi connectivity index (χ4v) is 0.712. The molecule has 0 aliphatic rings. The Morgan fingerprint density at radius 2 is 1.42 bits per heavy atom. The van der Waals surface area contributed by atoms with Gasteiger partial charge in [0, 0.05) is 6.92 Å². The number of carbonyl (C=O) groups excluding carboxylic acids is 2. The first-order valence-corrected chi connectivity index (χ1v) is 4.57. The molecule has 9 nitrogen and oxygen atoms in total. The molecule has 0 aliphatic heterocycles. The van der Waals surface area contributed by atoms with Crippen molar-refractivity contribution in [2.75, 3.05) is 0 Å². The Hall–Kier alpha value is -2.52. The smallest absolute Gasteiger partial charge is 0.228 e. The lowest BCUT2D eigenvalue weighted by molar-refractivity contribution is -0.417. The van der Waals surface area contributed by atoms with Crippen molar-refractivity contribution in [2.24, 2.45) is 0 Å². The molecule has 1 aromatic carbocycles. The third-order valence-corrected chi connectivity index (χ3v) is 1.19. The van der Waals surface area contributed by atoms with Gasteiger partial charge in [-0.1, -0.05) is 18.2 Å². The van der Waals surface area contributed by atoms with Crippen molar-refractivity contribution in [3.8, 4) is 5.75 Å². The lowest BCUT2D eigenvalue weighted by Gasteiger charge is -2.09. The fraction of sp³-hybridized carbons (Fsp3) is 0.200. The minimum atomic E-state index is -2.33. The van der Waals surface area contributed by atoms with Gasteiger partial charge < -0.3 is 34.8 Å². The number of carbonyl (C=O) groups is 2. The van der Waals surface area contributed by atoms with E-state index in [1.54, 1.807) is 19.1 Å². The Balaban J connectivity index is 0. The number of para-hydroxylation sites is 1. The first-order chi connectivity index (χ1) is 8.79. The second-order valence-corrected chi connectivity index (χ2v) is 2.60. The molecule has 19 heavy (non-hydrogen) atoms. The van der Waals surface area contributed by atoms with Crippen LogP contribution in [0.2, 0.25) is 0 Å². The van der Waals surface area contributed by atoms with Crippen molar-refractivity contribution in [3.63, 3.8) is 0 Å². The Labute approximate surface area is 107 Å². The first-order valence-electron chi connectivity index (χ1n) is 4.57. The Kier molecular flexibility index (Phi) is 11.8. The number of ether oxygens (including phenoxy) is 1. The van der Waals surface area contributed by atoms with E-state index in [9.17, 15) is 0 Å². The molecule has 1 atom stereocenters. The third-order valence-electron chi connectivity index (χ3n) is 1.19. The van der Waals surface area contributed by atoms with E-state index in [1.807, 2.05) is 18.2 Å². The van der Waals surface area contributed by atoms with Crippen LogP contribution < -0.4 is 25.2 Å². The molecule has 1 unspecified atom stereocenters. The molecule has 9 heteroatoms. The zero-order valence-electron chi connectivity index (χ0n) is 9.68. The van der Waals surface area contributed by atoms with Crippen LogP contribution in [-0.4, -0.2) is 23.9 Å². The monoisotopic (exact) mass is 274 g/mol. The van der Waals surface area contributed by atoms with E-state index < -0.39 is 18.6 Å². The predicted octanol–water partition coefficient (Wildman–Crippen LogP) is -2.99. The molecule has 0 radical (unpaired) electrons. The van der Waals surface area contributed by atoms with E-state index in [1.165, 1.54) is 0 Å². The summed E-state index contributed by atoms with van der Waals surface area (Å²) in [5, 5.41) is 41.5. The average molecular weight is 274 g/mol. The van der Waals surface area contributed by atoms with E-state index in [0.717, 1.165) is 0 Å². The summed E-state index contributed by atoms with van der Waals surface area (Å²) in [5.41, 5.74) is 0. The average Bonchev–Trinajstić information content (AvgIpc) is 2.28. The second-order valence-electron chi connectivity index (χ2n) is 2.60.